The molecule has 0 radical (unpaired) electrons. The van der Waals surface area contributed by atoms with E-state index < -0.39 is 0 Å². The summed E-state index contributed by atoms with van der Waals surface area (Å²) in [6, 6.07) is 3.11. The molecule has 19 heavy (non-hydrogen) atoms. The summed E-state index contributed by atoms with van der Waals surface area (Å²) < 4.78 is 7.05. The number of carbonyl (C=O) groups is 1. The highest BCUT2D eigenvalue weighted by atomic mass is 16.5. The van der Waals surface area contributed by atoms with E-state index in [0.29, 0.717) is 12.2 Å². The van der Waals surface area contributed by atoms with Crippen LogP contribution in [0.3, 0.4) is 0 Å². The predicted molar refractivity (Wildman–Crippen MR) is 72.2 cm³/mol. The quantitative estimate of drug-likeness (QED) is 0.869. The van der Waals surface area contributed by atoms with Gasteiger partial charge in [-0.2, -0.15) is 0 Å². The highest BCUT2D eigenvalue weighted by Gasteiger charge is 2.29. The Labute approximate surface area is 112 Å². The minimum atomic E-state index is -0.205. The summed E-state index contributed by atoms with van der Waals surface area (Å²) in [7, 11) is 1.66. The van der Waals surface area contributed by atoms with Gasteiger partial charge in [-0.15, -0.1) is 0 Å². The van der Waals surface area contributed by atoms with Gasteiger partial charge in [0.2, 0.25) is 0 Å². The van der Waals surface area contributed by atoms with E-state index in [2.05, 4.69) is 5.32 Å². The molecule has 5 heteroatoms. The Morgan fingerprint density at radius 2 is 2.26 bits per heavy atom. The van der Waals surface area contributed by atoms with Gasteiger partial charge in [-0.3, -0.25) is 9.59 Å². The molecule has 1 aromatic rings. The first kappa shape index (κ1) is 13.8. The maximum absolute atomic E-state index is 12.1. The number of nitrogens with one attached hydrogen (secondary N) is 1. The second kappa shape index (κ2) is 5.17. The fourth-order valence-corrected chi connectivity index (χ4v) is 2.31. The van der Waals surface area contributed by atoms with Gasteiger partial charge in [0.25, 0.3) is 11.5 Å². The SMILES string of the molecule is Cn1ccc(C(=O)NC2CCOC(C)(C)C2)cc1=O. The number of amides is 1. The van der Waals surface area contributed by atoms with E-state index in [9.17, 15) is 9.59 Å². The molecule has 0 spiro atoms. The Balaban J connectivity index is 2.04. The lowest BCUT2D eigenvalue weighted by atomic mass is 9.94. The minimum Gasteiger partial charge on any atom is -0.375 e. The van der Waals surface area contributed by atoms with Gasteiger partial charge in [0.05, 0.1) is 5.60 Å². The maximum atomic E-state index is 12.1. The van der Waals surface area contributed by atoms with Crippen molar-refractivity contribution in [1.82, 2.24) is 9.88 Å². The summed E-state index contributed by atoms with van der Waals surface area (Å²) in [5.74, 6) is -0.194. The van der Waals surface area contributed by atoms with Crippen LogP contribution in [0.25, 0.3) is 0 Å². The van der Waals surface area contributed by atoms with Crippen molar-refractivity contribution in [3.8, 4) is 0 Å². The fraction of sp³-hybridized carbons (Fsp3) is 0.571. The van der Waals surface area contributed by atoms with Crippen molar-refractivity contribution in [2.24, 2.45) is 7.05 Å². The lowest BCUT2D eigenvalue weighted by molar-refractivity contribution is -0.0615. The van der Waals surface area contributed by atoms with Gasteiger partial charge >= 0.3 is 0 Å². The van der Waals surface area contributed by atoms with Gasteiger partial charge in [-0.1, -0.05) is 0 Å². The molecular weight excluding hydrogens is 244 g/mol. The van der Waals surface area contributed by atoms with E-state index in [1.54, 1.807) is 19.3 Å². The van der Waals surface area contributed by atoms with E-state index in [0.717, 1.165) is 12.8 Å². The van der Waals surface area contributed by atoms with Crippen molar-refractivity contribution in [2.75, 3.05) is 6.61 Å². The molecule has 0 aliphatic carbocycles. The number of hydrogen-bond donors (Lipinski definition) is 1. The van der Waals surface area contributed by atoms with Crippen molar-refractivity contribution < 1.29 is 9.53 Å². The van der Waals surface area contributed by atoms with Crippen molar-refractivity contribution >= 4 is 5.91 Å². The monoisotopic (exact) mass is 264 g/mol. The van der Waals surface area contributed by atoms with Gasteiger partial charge < -0.3 is 14.6 Å². The zero-order valence-corrected chi connectivity index (χ0v) is 11.6. The van der Waals surface area contributed by atoms with Crippen LogP contribution in [0.15, 0.2) is 23.1 Å². The van der Waals surface area contributed by atoms with Crippen LogP contribution in [0.1, 0.15) is 37.0 Å². The molecule has 1 amide bonds. The Kier molecular flexibility index (Phi) is 3.75. The summed E-state index contributed by atoms with van der Waals surface area (Å²) in [6.07, 6.45) is 3.19. The minimum absolute atomic E-state index is 0.0975. The Morgan fingerprint density at radius 3 is 2.89 bits per heavy atom. The molecule has 1 unspecified atom stereocenters. The van der Waals surface area contributed by atoms with E-state index in [1.807, 2.05) is 13.8 Å². The molecule has 5 nitrogen and oxygen atoms in total. The molecule has 1 N–H and O–H groups in total. The van der Waals surface area contributed by atoms with E-state index in [-0.39, 0.29) is 23.1 Å². The van der Waals surface area contributed by atoms with Crippen LogP contribution in [0.5, 0.6) is 0 Å². The molecule has 1 aliphatic heterocycles. The van der Waals surface area contributed by atoms with Crippen molar-refractivity contribution in [3.05, 3.63) is 34.2 Å². The van der Waals surface area contributed by atoms with Crippen molar-refractivity contribution in [1.29, 1.82) is 0 Å². The lowest BCUT2D eigenvalue weighted by Gasteiger charge is -2.35. The van der Waals surface area contributed by atoms with Crippen LogP contribution in [-0.4, -0.2) is 28.7 Å². The van der Waals surface area contributed by atoms with Crippen LogP contribution in [0.4, 0.5) is 0 Å². The first-order chi connectivity index (χ1) is 8.87. The third-order valence-electron chi connectivity index (χ3n) is 3.40. The Morgan fingerprint density at radius 1 is 1.53 bits per heavy atom. The molecule has 0 aromatic carbocycles. The van der Waals surface area contributed by atoms with Gasteiger partial charge in [-0.05, 0) is 32.8 Å². The summed E-state index contributed by atoms with van der Waals surface area (Å²) in [5, 5.41) is 2.97. The number of hydrogen-bond acceptors (Lipinski definition) is 3. The number of aryl methyl sites for hydroxylation is 1. The lowest BCUT2D eigenvalue weighted by Crippen LogP contribution is -2.46. The van der Waals surface area contributed by atoms with Crippen molar-refractivity contribution in [2.45, 2.75) is 38.3 Å². The molecule has 1 atom stereocenters. The predicted octanol–water partition coefficient (Wildman–Crippen LogP) is 1.07. The van der Waals surface area contributed by atoms with Crippen LogP contribution in [0, 0.1) is 0 Å². The zero-order chi connectivity index (χ0) is 14.0. The largest absolute Gasteiger partial charge is 0.375 e. The second-order valence-corrected chi connectivity index (χ2v) is 5.64. The normalized spacial score (nSPS) is 21.9. The molecule has 1 fully saturated rings. The van der Waals surface area contributed by atoms with Crippen LogP contribution >= 0.6 is 0 Å². The highest BCUT2D eigenvalue weighted by Crippen LogP contribution is 2.24. The highest BCUT2D eigenvalue weighted by molar-refractivity contribution is 5.94. The first-order valence-corrected chi connectivity index (χ1v) is 6.49. The van der Waals surface area contributed by atoms with Crippen LogP contribution in [0.2, 0.25) is 0 Å². The number of nitrogens with zero attached hydrogens (tertiary/aromatic N) is 1. The number of carbonyl (C=O) groups excluding carboxylic acids is 1. The van der Waals surface area contributed by atoms with Gasteiger partial charge in [0.15, 0.2) is 0 Å². The molecule has 2 heterocycles. The standard InChI is InChI=1S/C14H20N2O3/c1-14(2)9-11(5-7-19-14)15-13(18)10-4-6-16(3)12(17)8-10/h4,6,8,11H,5,7,9H2,1-3H3,(H,15,18). The number of rotatable bonds is 2. The Bertz CT molecular complexity index is 534. The molecule has 0 bridgehead atoms. The van der Waals surface area contributed by atoms with Crippen LogP contribution in [-0.2, 0) is 11.8 Å². The maximum Gasteiger partial charge on any atom is 0.251 e. The zero-order valence-electron chi connectivity index (χ0n) is 11.6. The van der Waals surface area contributed by atoms with Gasteiger partial charge in [-0.25, -0.2) is 0 Å². The summed E-state index contributed by atoms with van der Waals surface area (Å²) in [5.41, 5.74) is 0.0237. The number of ether oxygens (including phenoxy) is 1. The third-order valence-corrected chi connectivity index (χ3v) is 3.40. The Hall–Kier alpha value is -1.62. The van der Waals surface area contributed by atoms with Crippen molar-refractivity contribution in [3.63, 3.8) is 0 Å². The summed E-state index contributed by atoms with van der Waals surface area (Å²) >= 11 is 0. The van der Waals surface area contributed by atoms with E-state index in [4.69, 9.17) is 4.74 Å². The van der Waals surface area contributed by atoms with Gasteiger partial charge in [0, 0.05) is 37.5 Å². The molecule has 2 rings (SSSR count). The van der Waals surface area contributed by atoms with E-state index >= 15 is 0 Å². The van der Waals surface area contributed by atoms with Gasteiger partial charge in [0.1, 0.15) is 0 Å². The summed E-state index contributed by atoms with van der Waals surface area (Å²) in [6.45, 7) is 4.68. The fourth-order valence-electron chi connectivity index (χ4n) is 2.31. The average molecular weight is 264 g/mol. The second-order valence-electron chi connectivity index (χ2n) is 5.64. The molecular formula is C14H20N2O3. The smallest absolute Gasteiger partial charge is 0.251 e. The number of pyridine rings is 1. The average Bonchev–Trinajstić information content (AvgIpc) is 2.31. The topological polar surface area (TPSA) is 60.3 Å². The first-order valence-electron chi connectivity index (χ1n) is 6.49. The molecule has 1 aromatic heterocycles. The molecule has 1 saturated heterocycles. The molecule has 104 valence electrons. The molecule has 0 saturated carbocycles. The van der Waals surface area contributed by atoms with Crippen LogP contribution < -0.4 is 10.9 Å². The molecule has 1 aliphatic rings. The summed E-state index contributed by atoms with van der Waals surface area (Å²) in [4.78, 5) is 23.6. The van der Waals surface area contributed by atoms with E-state index in [1.165, 1.54) is 10.6 Å². The number of aromatic nitrogens is 1. The third kappa shape index (κ3) is 3.44.